The first kappa shape index (κ1) is 20.6. The number of aromatic nitrogens is 3. The van der Waals surface area contributed by atoms with Gasteiger partial charge in [-0.1, -0.05) is 24.3 Å². The number of ether oxygens (including phenoxy) is 1. The minimum atomic E-state index is -0.0589. The molecule has 0 saturated carbocycles. The van der Waals surface area contributed by atoms with E-state index < -0.39 is 0 Å². The largest absolute Gasteiger partial charge is 0.376 e. The molecule has 2 aliphatic rings. The number of benzene rings is 1. The highest BCUT2D eigenvalue weighted by molar-refractivity contribution is 6.05. The van der Waals surface area contributed by atoms with Crippen LogP contribution in [-0.4, -0.2) is 58.2 Å². The zero-order chi connectivity index (χ0) is 22.1. The number of hydrogen-bond donors (Lipinski definition) is 1. The Hall–Kier alpha value is -3.26. The second-order valence-corrected chi connectivity index (χ2v) is 8.39. The predicted molar refractivity (Wildman–Crippen MR) is 119 cm³/mol. The molecule has 1 aromatic carbocycles. The number of hydrogen-bond acceptors (Lipinski definition) is 5. The zero-order valence-corrected chi connectivity index (χ0v) is 18.2. The van der Waals surface area contributed by atoms with Crippen LogP contribution in [0.3, 0.4) is 0 Å². The number of likely N-dealkylation sites (tertiary alicyclic amines) is 1. The summed E-state index contributed by atoms with van der Waals surface area (Å²) in [6.07, 6.45) is 4.14. The quantitative estimate of drug-likeness (QED) is 0.682. The van der Waals surface area contributed by atoms with Crippen molar-refractivity contribution >= 4 is 22.6 Å². The van der Waals surface area contributed by atoms with Crippen LogP contribution in [0.5, 0.6) is 0 Å². The van der Waals surface area contributed by atoms with Crippen LogP contribution in [0.4, 0.5) is 0 Å². The summed E-state index contributed by atoms with van der Waals surface area (Å²) in [5, 5.41) is 9.42. The van der Waals surface area contributed by atoms with E-state index in [2.05, 4.69) is 10.3 Å². The molecule has 2 amide bonds. The van der Waals surface area contributed by atoms with Gasteiger partial charge >= 0.3 is 0 Å². The first-order valence-corrected chi connectivity index (χ1v) is 11.2. The van der Waals surface area contributed by atoms with Gasteiger partial charge in [-0.25, -0.2) is 0 Å². The van der Waals surface area contributed by atoms with Gasteiger partial charge in [0.15, 0.2) is 0 Å². The Morgan fingerprint density at radius 2 is 2.00 bits per heavy atom. The summed E-state index contributed by atoms with van der Waals surface area (Å²) in [6, 6.07) is 9.79. The van der Waals surface area contributed by atoms with Crippen LogP contribution < -0.4 is 5.32 Å². The van der Waals surface area contributed by atoms with Crippen LogP contribution in [0, 0.1) is 0 Å². The average Bonchev–Trinajstić information content (AvgIpc) is 3.21. The van der Waals surface area contributed by atoms with Gasteiger partial charge in [-0.05, 0) is 24.3 Å². The molecule has 5 rings (SSSR count). The number of pyridine rings is 1. The summed E-state index contributed by atoms with van der Waals surface area (Å²) < 4.78 is 7.54. The van der Waals surface area contributed by atoms with Gasteiger partial charge in [0, 0.05) is 55.3 Å². The molecule has 3 aromatic rings. The summed E-state index contributed by atoms with van der Waals surface area (Å²) in [5.41, 5.74) is 3.77. The molecule has 1 fully saturated rings. The van der Waals surface area contributed by atoms with Crippen molar-refractivity contribution in [2.24, 2.45) is 0 Å². The van der Waals surface area contributed by atoms with Gasteiger partial charge in [-0.3, -0.25) is 19.3 Å². The number of likely N-dealkylation sites (N-methyl/N-ethyl adjacent to an activating group) is 1. The van der Waals surface area contributed by atoms with Crippen molar-refractivity contribution in [3.63, 3.8) is 0 Å². The lowest BCUT2D eigenvalue weighted by Crippen LogP contribution is -2.38. The lowest BCUT2D eigenvalue weighted by atomic mass is 9.90. The first-order valence-electron chi connectivity index (χ1n) is 11.2. The van der Waals surface area contributed by atoms with Gasteiger partial charge in [0.25, 0.3) is 5.91 Å². The van der Waals surface area contributed by atoms with E-state index in [9.17, 15) is 9.59 Å². The Kier molecular flexibility index (Phi) is 5.61. The summed E-state index contributed by atoms with van der Waals surface area (Å²) in [7, 11) is 1.64. The van der Waals surface area contributed by atoms with Crippen LogP contribution in [-0.2, 0) is 29.1 Å². The fourth-order valence-electron chi connectivity index (χ4n) is 4.80. The van der Waals surface area contributed by atoms with Gasteiger partial charge in [-0.15, -0.1) is 0 Å². The number of nitrogens with one attached hydrogen (secondary N) is 1. The van der Waals surface area contributed by atoms with E-state index in [1.165, 1.54) is 0 Å². The minimum absolute atomic E-state index is 0.0178. The summed E-state index contributed by atoms with van der Waals surface area (Å²) in [4.78, 5) is 31.5. The van der Waals surface area contributed by atoms with Crippen molar-refractivity contribution in [2.45, 2.75) is 38.3 Å². The first-order chi connectivity index (χ1) is 15.7. The maximum atomic E-state index is 13.2. The maximum Gasteiger partial charge on any atom is 0.273 e. The molecule has 0 aliphatic carbocycles. The molecule has 0 unspecified atom stereocenters. The fourth-order valence-corrected chi connectivity index (χ4v) is 4.80. The Balaban J connectivity index is 1.34. The number of nitrogens with zero attached hydrogens (tertiary/aromatic N) is 4. The molecule has 0 radical (unpaired) electrons. The minimum Gasteiger partial charge on any atom is -0.376 e. The zero-order valence-electron chi connectivity index (χ0n) is 18.2. The second kappa shape index (κ2) is 8.70. The molecule has 32 heavy (non-hydrogen) atoms. The van der Waals surface area contributed by atoms with Gasteiger partial charge < -0.3 is 15.0 Å². The number of piperidine rings is 1. The molecule has 0 atom stereocenters. The van der Waals surface area contributed by atoms with E-state index in [-0.39, 0.29) is 24.3 Å². The van der Waals surface area contributed by atoms with Crippen molar-refractivity contribution in [3.05, 3.63) is 59.2 Å². The van der Waals surface area contributed by atoms with Gasteiger partial charge in [-0.2, -0.15) is 5.10 Å². The Bertz CT molecular complexity index is 1160. The van der Waals surface area contributed by atoms with Crippen LogP contribution in [0.1, 0.15) is 46.2 Å². The lowest BCUT2D eigenvalue weighted by Gasteiger charge is -2.32. The predicted octanol–water partition coefficient (Wildman–Crippen LogP) is 2.27. The van der Waals surface area contributed by atoms with Crippen LogP contribution in [0.2, 0.25) is 0 Å². The normalized spacial score (nSPS) is 16.7. The molecule has 8 nitrogen and oxygen atoms in total. The molecule has 1 saturated heterocycles. The van der Waals surface area contributed by atoms with E-state index in [4.69, 9.17) is 9.84 Å². The van der Waals surface area contributed by atoms with Crippen molar-refractivity contribution in [3.8, 4) is 0 Å². The molecule has 0 spiro atoms. The van der Waals surface area contributed by atoms with E-state index in [0.29, 0.717) is 32.0 Å². The molecular weight excluding hydrogens is 406 g/mol. The maximum absolute atomic E-state index is 13.2. The molecule has 2 aromatic heterocycles. The van der Waals surface area contributed by atoms with E-state index >= 15 is 0 Å². The SMILES string of the molecule is CNC(=O)Cn1nc(C2CCN(C(=O)c3nccc4ccccc34)CC2)c2c1CCOC2. The van der Waals surface area contributed by atoms with Crippen LogP contribution in [0.25, 0.3) is 10.8 Å². The van der Waals surface area contributed by atoms with Crippen molar-refractivity contribution in [2.75, 3.05) is 26.7 Å². The van der Waals surface area contributed by atoms with E-state index in [1.54, 1.807) is 13.2 Å². The molecule has 8 heteroatoms. The molecule has 0 bridgehead atoms. The van der Waals surface area contributed by atoms with Crippen LogP contribution >= 0.6 is 0 Å². The third-order valence-electron chi connectivity index (χ3n) is 6.54. The number of fused-ring (bicyclic) bond motifs is 2. The van der Waals surface area contributed by atoms with Crippen molar-refractivity contribution in [1.82, 2.24) is 25.0 Å². The van der Waals surface area contributed by atoms with Crippen molar-refractivity contribution in [1.29, 1.82) is 0 Å². The lowest BCUT2D eigenvalue weighted by molar-refractivity contribution is -0.121. The van der Waals surface area contributed by atoms with Gasteiger partial charge in [0.1, 0.15) is 12.2 Å². The van der Waals surface area contributed by atoms with Gasteiger partial charge in [0.2, 0.25) is 5.91 Å². The average molecular weight is 434 g/mol. The monoisotopic (exact) mass is 433 g/mol. The number of carbonyl (C=O) groups excluding carboxylic acids is 2. The molecular formula is C24H27N5O3. The fraction of sp³-hybridized carbons (Fsp3) is 0.417. The molecule has 4 heterocycles. The number of amides is 2. The van der Waals surface area contributed by atoms with E-state index in [0.717, 1.165) is 47.0 Å². The standard InChI is InChI=1S/C24H27N5O3/c1-25-21(30)14-29-20-9-13-32-15-19(20)22(27-29)17-7-11-28(12-8-17)24(31)23-18-5-3-2-4-16(18)6-10-26-23/h2-6,10,17H,7-9,11-15H2,1H3,(H,25,30). The number of carbonyl (C=O) groups is 2. The van der Waals surface area contributed by atoms with Crippen molar-refractivity contribution < 1.29 is 14.3 Å². The Labute approximate surface area is 186 Å². The summed E-state index contributed by atoms with van der Waals surface area (Å²) in [5.74, 6) is 0.174. The second-order valence-electron chi connectivity index (χ2n) is 8.39. The summed E-state index contributed by atoms with van der Waals surface area (Å²) >= 11 is 0. The van der Waals surface area contributed by atoms with Gasteiger partial charge in [0.05, 0.1) is 18.9 Å². The third-order valence-corrected chi connectivity index (χ3v) is 6.54. The highest BCUT2D eigenvalue weighted by atomic mass is 16.5. The van der Waals surface area contributed by atoms with E-state index in [1.807, 2.05) is 39.9 Å². The third kappa shape index (κ3) is 3.75. The van der Waals surface area contributed by atoms with Crippen LogP contribution in [0.15, 0.2) is 36.5 Å². The molecule has 1 N–H and O–H groups in total. The highest BCUT2D eigenvalue weighted by Crippen LogP contribution is 2.34. The summed E-state index contributed by atoms with van der Waals surface area (Å²) in [6.45, 7) is 2.73. The molecule has 2 aliphatic heterocycles. The highest BCUT2D eigenvalue weighted by Gasteiger charge is 2.31. The Morgan fingerprint density at radius 1 is 1.19 bits per heavy atom. The smallest absolute Gasteiger partial charge is 0.273 e. The topological polar surface area (TPSA) is 89.4 Å². The number of rotatable bonds is 4. The Morgan fingerprint density at radius 3 is 2.81 bits per heavy atom. The molecule has 166 valence electrons.